The molecular weight excluding hydrogens is 354 g/mol. The van der Waals surface area contributed by atoms with Gasteiger partial charge in [-0.05, 0) is 31.2 Å². The third-order valence-corrected chi connectivity index (χ3v) is 4.38. The van der Waals surface area contributed by atoms with Crippen molar-refractivity contribution in [3.8, 4) is 11.5 Å². The molecule has 5 nitrogen and oxygen atoms in total. The quantitative estimate of drug-likeness (QED) is 0.777. The highest BCUT2D eigenvalue weighted by atomic mass is 19.1. The van der Waals surface area contributed by atoms with Gasteiger partial charge in [0.15, 0.2) is 18.2 Å². The van der Waals surface area contributed by atoms with Crippen LogP contribution in [0.25, 0.3) is 0 Å². The van der Waals surface area contributed by atoms with Gasteiger partial charge >= 0.3 is 0 Å². The summed E-state index contributed by atoms with van der Waals surface area (Å²) in [6, 6.07) is 10.8. The van der Waals surface area contributed by atoms with Crippen molar-refractivity contribution in [2.45, 2.75) is 6.92 Å². The second kappa shape index (κ2) is 8.70. The fourth-order valence-electron chi connectivity index (χ4n) is 3.02. The van der Waals surface area contributed by atoms with Crippen molar-refractivity contribution in [3.05, 3.63) is 54.1 Å². The molecule has 144 valence electrons. The van der Waals surface area contributed by atoms with Crippen LogP contribution in [0.15, 0.2) is 42.5 Å². The first-order valence-corrected chi connectivity index (χ1v) is 8.91. The molecule has 1 fully saturated rings. The van der Waals surface area contributed by atoms with Crippen LogP contribution in [0.1, 0.15) is 6.92 Å². The minimum atomic E-state index is -0.819. The molecule has 7 heteroatoms. The van der Waals surface area contributed by atoms with E-state index in [2.05, 4.69) is 4.90 Å². The summed E-state index contributed by atoms with van der Waals surface area (Å²) >= 11 is 0. The average Bonchev–Trinajstić information content (AvgIpc) is 2.68. The molecular formula is C20H22F2N2O3. The van der Waals surface area contributed by atoms with Crippen molar-refractivity contribution in [2.24, 2.45) is 0 Å². The van der Waals surface area contributed by atoms with Gasteiger partial charge in [0.25, 0.3) is 5.91 Å². The normalized spacial score (nSPS) is 14.2. The van der Waals surface area contributed by atoms with E-state index in [4.69, 9.17) is 9.47 Å². The van der Waals surface area contributed by atoms with Crippen LogP contribution in [-0.2, 0) is 4.79 Å². The van der Waals surface area contributed by atoms with Gasteiger partial charge < -0.3 is 19.3 Å². The van der Waals surface area contributed by atoms with Gasteiger partial charge in [-0.2, -0.15) is 0 Å². The number of halogens is 2. The first-order chi connectivity index (χ1) is 13.1. The number of carbonyl (C=O) groups excluding carboxylic acids is 1. The van der Waals surface area contributed by atoms with Crippen molar-refractivity contribution in [2.75, 3.05) is 44.3 Å². The van der Waals surface area contributed by atoms with E-state index < -0.39 is 11.6 Å². The molecule has 2 aromatic rings. The van der Waals surface area contributed by atoms with Crippen LogP contribution in [0.2, 0.25) is 0 Å². The lowest BCUT2D eigenvalue weighted by molar-refractivity contribution is -0.133. The molecule has 0 atom stereocenters. The maximum atomic E-state index is 13.6. The van der Waals surface area contributed by atoms with Gasteiger partial charge in [-0.3, -0.25) is 4.79 Å². The van der Waals surface area contributed by atoms with Crippen molar-refractivity contribution >= 4 is 11.6 Å². The van der Waals surface area contributed by atoms with Crippen LogP contribution in [-0.4, -0.2) is 50.2 Å². The molecule has 0 radical (unpaired) electrons. The zero-order valence-corrected chi connectivity index (χ0v) is 15.2. The van der Waals surface area contributed by atoms with E-state index in [-0.39, 0.29) is 18.3 Å². The molecule has 1 heterocycles. The average molecular weight is 376 g/mol. The van der Waals surface area contributed by atoms with E-state index in [0.717, 1.165) is 23.6 Å². The van der Waals surface area contributed by atoms with Crippen LogP contribution >= 0.6 is 0 Å². The third-order valence-electron chi connectivity index (χ3n) is 4.38. The molecule has 0 N–H and O–H groups in total. The largest absolute Gasteiger partial charge is 0.492 e. The van der Waals surface area contributed by atoms with E-state index in [9.17, 15) is 13.6 Å². The third kappa shape index (κ3) is 4.67. The predicted molar refractivity (Wildman–Crippen MR) is 98.3 cm³/mol. The highest BCUT2D eigenvalue weighted by molar-refractivity contribution is 5.78. The Morgan fingerprint density at radius 3 is 2.44 bits per heavy atom. The van der Waals surface area contributed by atoms with Gasteiger partial charge in [0, 0.05) is 32.2 Å². The minimum absolute atomic E-state index is 0.131. The fraction of sp³-hybridized carbons (Fsp3) is 0.350. The number of nitrogens with zero attached hydrogens (tertiary/aromatic N) is 2. The lowest BCUT2D eigenvalue weighted by Crippen LogP contribution is -2.50. The summed E-state index contributed by atoms with van der Waals surface area (Å²) in [6.07, 6.45) is 0. The Hall–Kier alpha value is -2.83. The van der Waals surface area contributed by atoms with Crippen LogP contribution in [0.5, 0.6) is 11.5 Å². The standard InChI is InChI=1S/C20H22F2N2O3/c1-2-26-19-6-4-3-5-17(19)23-9-11-24(12-10-23)20(25)14-27-18-8-7-15(21)13-16(18)22/h3-8,13H,2,9-12,14H2,1H3. The molecule has 1 saturated heterocycles. The summed E-state index contributed by atoms with van der Waals surface area (Å²) in [5.41, 5.74) is 1.01. The van der Waals surface area contributed by atoms with Crippen LogP contribution in [0.3, 0.4) is 0 Å². The summed E-state index contributed by atoms with van der Waals surface area (Å²) < 4.78 is 37.4. The summed E-state index contributed by atoms with van der Waals surface area (Å²) in [6.45, 7) is 4.66. The Kier molecular flexibility index (Phi) is 6.11. The first kappa shape index (κ1) is 18.9. The summed E-state index contributed by atoms with van der Waals surface area (Å²) in [4.78, 5) is 16.2. The van der Waals surface area contributed by atoms with Gasteiger partial charge in [0.05, 0.1) is 12.3 Å². The Labute approximate surface area is 157 Å². The number of benzene rings is 2. The maximum absolute atomic E-state index is 13.6. The molecule has 0 aliphatic carbocycles. The van der Waals surface area contributed by atoms with Crippen LogP contribution in [0, 0.1) is 11.6 Å². The maximum Gasteiger partial charge on any atom is 0.260 e. The molecule has 2 aromatic carbocycles. The topological polar surface area (TPSA) is 42.0 Å². The van der Waals surface area contributed by atoms with Gasteiger partial charge in [-0.15, -0.1) is 0 Å². The number of para-hydroxylation sites is 2. The number of piperazine rings is 1. The summed E-state index contributed by atoms with van der Waals surface area (Å²) in [5, 5.41) is 0. The number of hydrogen-bond donors (Lipinski definition) is 0. The first-order valence-electron chi connectivity index (χ1n) is 8.91. The SMILES string of the molecule is CCOc1ccccc1N1CCN(C(=O)COc2ccc(F)cc2F)CC1. The molecule has 0 spiro atoms. The van der Waals surface area contributed by atoms with E-state index in [1.165, 1.54) is 6.07 Å². The van der Waals surface area contributed by atoms with Gasteiger partial charge in [0.1, 0.15) is 11.6 Å². The Morgan fingerprint density at radius 2 is 1.74 bits per heavy atom. The van der Waals surface area contributed by atoms with E-state index >= 15 is 0 Å². The Morgan fingerprint density at radius 1 is 1.00 bits per heavy atom. The van der Waals surface area contributed by atoms with Crippen molar-refractivity contribution in [1.82, 2.24) is 4.90 Å². The highest BCUT2D eigenvalue weighted by Crippen LogP contribution is 2.28. The number of ether oxygens (including phenoxy) is 2. The highest BCUT2D eigenvalue weighted by Gasteiger charge is 2.23. The second-order valence-electron chi connectivity index (χ2n) is 6.13. The van der Waals surface area contributed by atoms with Crippen molar-refractivity contribution in [3.63, 3.8) is 0 Å². The summed E-state index contributed by atoms with van der Waals surface area (Å²) in [5.74, 6) is -1.03. The molecule has 27 heavy (non-hydrogen) atoms. The molecule has 0 aromatic heterocycles. The van der Waals surface area contributed by atoms with E-state index in [1.54, 1.807) is 4.90 Å². The lowest BCUT2D eigenvalue weighted by atomic mass is 10.2. The minimum Gasteiger partial charge on any atom is -0.492 e. The van der Waals surface area contributed by atoms with Gasteiger partial charge in [0.2, 0.25) is 0 Å². The van der Waals surface area contributed by atoms with Crippen LogP contribution in [0.4, 0.5) is 14.5 Å². The zero-order chi connectivity index (χ0) is 19.2. The molecule has 1 aliphatic heterocycles. The van der Waals surface area contributed by atoms with E-state index in [1.807, 2.05) is 31.2 Å². The van der Waals surface area contributed by atoms with Crippen LogP contribution < -0.4 is 14.4 Å². The van der Waals surface area contributed by atoms with Gasteiger partial charge in [-0.1, -0.05) is 12.1 Å². The Balaban J connectivity index is 1.53. The molecule has 1 amide bonds. The zero-order valence-electron chi connectivity index (χ0n) is 15.2. The predicted octanol–water partition coefficient (Wildman–Crippen LogP) is 3.09. The summed E-state index contributed by atoms with van der Waals surface area (Å²) in [7, 11) is 0. The lowest BCUT2D eigenvalue weighted by Gasteiger charge is -2.36. The smallest absolute Gasteiger partial charge is 0.260 e. The molecule has 0 saturated carbocycles. The van der Waals surface area contributed by atoms with Crippen molar-refractivity contribution in [1.29, 1.82) is 0 Å². The Bertz CT molecular complexity index is 793. The van der Waals surface area contributed by atoms with Gasteiger partial charge in [-0.25, -0.2) is 8.78 Å². The monoisotopic (exact) mass is 376 g/mol. The van der Waals surface area contributed by atoms with E-state index in [0.29, 0.717) is 32.8 Å². The number of hydrogen-bond acceptors (Lipinski definition) is 4. The molecule has 0 bridgehead atoms. The number of amides is 1. The number of rotatable bonds is 6. The molecule has 1 aliphatic rings. The second-order valence-corrected chi connectivity index (χ2v) is 6.13. The molecule has 0 unspecified atom stereocenters. The fourth-order valence-corrected chi connectivity index (χ4v) is 3.02. The van der Waals surface area contributed by atoms with Crippen molar-refractivity contribution < 1.29 is 23.0 Å². The molecule has 3 rings (SSSR count). The number of carbonyl (C=O) groups is 1. The number of anilines is 1.